The van der Waals surface area contributed by atoms with E-state index in [2.05, 4.69) is 38.7 Å². The molecule has 0 fully saturated rings. The van der Waals surface area contributed by atoms with Gasteiger partial charge >= 0.3 is 0 Å². The normalized spacial score (nSPS) is 13.0. The van der Waals surface area contributed by atoms with Crippen LogP contribution in [0.3, 0.4) is 0 Å². The van der Waals surface area contributed by atoms with Gasteiger partial charge in [0.05, 0.1) is 0 Å². The molecule has 0 aromatic carbocycles. The number of aromatic nitrogens is 1. The van der Waals surface area contributed by atoms with E-state index in [1.165, 1.54) is 16.8 Å². The van der Waals surface area contributed by atoms with Crippen LogP contribution in [0.1, 0.15) is 43.0 Å². The van der Waals surface area contributed by atoms with E-state index in [1.807, 2.05) is 6.20 Å². The smallest absolute Gasteiger partial charge is 0.0460 e. The number of pyridine rings is 1. The highest BCUT2D eigenvalue weighted by Crippen LogP contribution is 2.19. The molecule has 0 N–H and O–H groups in total. The number of rotatable bonds is 2. The molecule has 1 nitrogen and oxygen atoms in total. The Balaban J connectivity index is 3.01. The van der Waals surface area contributed by atoms with E-state index in [0.29, 0.717) is 5.92 Å². The Labute approximate surface area is 74.8 Å². The summed E-state index contributed by atoms with van der Waals surface area (Å²) in [5.41, 5.74) is 3.83. The molecule has 66 valence electrons. The highest BCUT2D eigenvalue weighted by atomic mass is 14.7. The minimum atomic E-state index is 0.589. The van der Waals surface area contributed by atoms with Crippen molar-refractivity contribution in [3.8, 4) is 0 Å². The summed E-state index contributed by atoms with van der Waals surface area (Å²) in [6.07, 6.45) is 3.12. The minimum Gasteiger partial charge on any atom is -0.260 e. The van der Waals surface area contributed by atoms with Gasteiger partial charge in [0, 0.05) is 11.9 Å². The largest absolute Gasteiger partial charge is 0.260 e. The van der Waals surface area contributed by atoms with Crippen molar-refractivity contribution in [3.05, 3.63) is 29.1 Å². The van der Waals surface area contributed by atoms with Crippen molar-refractivity contribution in [1.82, 2.24) is 4.98 Å². The number of nitrogens with zero attached hydrogens (tertiary/aromatic N) is 1. The van der Waals surface area contributed by atoms with Gasteiger partial charge in [0.1, 0.15) is 0 Å². The lowest BCUT2D eigenvalue weighted by Gasteiger charge is -2.11. The molecule has 0 aliphatic carbocycles. The Kier molecular flexibility index (Phi) is 2.85. The van der Waals surface area contributed by atoms with Crippen molar-refractivity contribution in [1.29, 1.82) is 0 Å². The van der Waals surface area contributed by atoms with E-state index in [0.717, 1.165) is 6.42 Å². The molecule has 0 aliphatic heterocycles. The summed E-state index contributed by atoms with van der Waals surface area (Å²) in [5.74, 6) is 0.589. The van der Waals surface area contributed by atoms with Crippen LogP contribution in [0.15, 0.2) is 12.3 Å². The van der Waals surface area contributed by atoms with Crippen LogP contribution in [-0.2, 0) is 0 Å². The zero-order chi connectivity index (χ0) is 9.14. The van der Waals surface area contributed by atoms with Crippen LogP contribution in [0.4, 0.5) is 0 Å². The zero-order valence-electron chi connectivity index (χ0n) is 8.39. The Hall–Kier alpha value is -0.850. The van der Waals surface area contributed by atoms with Crippen LogP contribution in [-0.4, -0.2) is 4.98 Å². The maximum absolute atomic E-state index is 4.45. The first-order valence-electron chi connectivity index (χ1n) is 4.58. The summed E-state index contributed by atoms with van der Waals surface area (Å²) < 4.78 is 0. The quantitative estimate of drug-likeness (QED) is 0.652. The second-order valence-corrected chi connectivity index (χ2v) is 3.52. The predicted octanol–water partition coefficient (Wildman–Crippen LogP) is 3.21. The van der Waals surface area contributed by atoms with E-state index in [9.17, 15) is 0 Å². The average molecular weight is 163 g/mol. The van der Waals surface area contributed by atoms with E-state index in [4.69, 9.17) is 0 Å². The second-order valence-electron chi connectivity index (χ2n) is 3.52. The molecule has 1 rings (SSSR count). The SMILES string of the molecule is CCC(C)c1ncc(C)cc1C. The van der Waals surface area contributed by atoms with Gasteiger partial charge in [-0.2, -0.15) is 0 Å². The lowest BCUT2D eigenvalue weighted by Crippen LogP contribution is -1.99. The van der Waals surface area contributed by atoms with Gasteiger partial charge in [0.2, 0.25) is 0 Å². The van der Waals surface area contributed by atoms with Crippen LogP contribution in [0.5, 0.6) is 0 Å². The fourth-order valence-electron chi connectivity index (χ4n) is 1.44. The molecule has 1 heteroatoms. The molecule has 1 atom stereocenters. The highest BCUT2D eigenvalue weighted by Gasteiger charge is 2.06. The minimum absolute atomic E-state index is 0.589. The van der Waals surface area contributed by atoms with Crippen LogP contribution in [0, 0.1) is 13.8 Å². The van der Waals surface area contributed by atoms with Gasteiger partial charge in [-0.1, -0.05) is 19.9 Å². The molecule has 0 saturated heterocycles. The van der Waals surface area contributed by atoms with E-state index < -0.39 is 0 Å². The number of hydrogen-bond acceptors (Lipinski definition) is 1. The predicted molar refractivity (Wildman–Crippen MR) is 52.4 cm³/mol. The van der Waals surface area contributed by atoms with Crippen LogP contribution in [0.2, 0.25) is 0 Å². The third-order valence-corrected chi connectivity index (χ3v) is 2.33. The molecule has 12 heavy (non-hydrogen) atoms. The lowest BCUT2D eigenvalue weighted by atomic mass is 9.99. The summed E-state index contributed by atoms with van der Waals surface area (Å²) in [4.78, 5) is 4.45. The molecule has 1 heterocycles. The first kappa shape index (κ1) is 9.24. The molecule has 0 bridgehead atoms. The van der Waals surface area contributed by atoms with Gasteiger partial charge < -0.3 is 0 Å². The lowest BCUT2D eigenvalue weighted by molar-refractivity contribution is 0.701. The molecule has 0 aliphatic rings. The Morgan fingerprint density at radius 2 is 2.08 bits per heavy atom. The summed E-state index contributed by atoms with van der Waals surface area (Å²) in [5, 5.41) is 0. The molecule has 1 aromatic rings. The Morgan fingerprint density at radius 1 is 1.42 bits per heavy atom. The van der Waals surface area contributed by atoms with Crippen molar-refractivity contribution < 1.29 is 0 Å². The molecule has 0 spiro atoms. The van der Waals surface area contributed by atoms with E-state index in [-0.39, 0.29) is 0 Å². The molecular weight excluding hydrogens is 146 g/mol. The molecule has 0 saturated carbocycles. The zero-order valence-corrected chi connectivity index (χ0v) is 8.39. The average Bonchev–Trinajstić information content (AvgIpc) is 2.03. The number of hydrogen-bond donors (Lipinski definition) is 0. The summed E-state index contributed by atoms with van der Waals surface area (Å²) >= 11 is 0. The molecule has 0 amide bonds. The van der Waals surface area contributed by atoms with E-state index in [1.54, 1.807) is 0 Å². The van der Waals surface area contributed by atoms with E-state index >= 15 is 0 Å². The van der Waals surface area contributed by atoms with Gasteiger partial charge in [-0.25, -0.2) is 0 Å². The van der Waals surface area contributed by atoms with Gasteiger partial charge in [0.25, 0.3) is 0 Å². The summed E-state index contributed by atoms with van der Waals surface area (Å²) in [6.45, 7) is 8.65. The topological polar surface area (TPSA) is 12.9 Å². The third-order valence-electron chi connectivity index (χ3n) is 2.33. The van der Waals surface area contributed by atoms with Crippen molar-refractivity contribution in [2.45, 2.75) is 40.0 Å². The van der Waals surface area contributed by atoms with Gasteiger partial charge in [0.15, 0.2) is 0 Å². The van der Waals surface area contributed by atoms with Crippen molar-refractivity contribution in [2.75, 3.05) is 0 Å². The first-order chi connectivity index (χ1) is 5.65. The maximum atomic E-state index is 4.45. The van der Waals surface area contributed by atoms with Gasteiger partial charge in [-0.15, -0.1) is 0 Å². The molecular formula is C11H17N. The highest BCUT2D eigenvalue weighted by molar-refractivity contribution is 5.25. The fraction of sp³-hybridized carbons (Fsp3) is 0.545. The van der Waals surface area contributed by atoms with Crippen molar-refractivity contribution >= 4 is 0 Å². The van der Waals surface area contributed by atoms with Crippen molar-refractivity contribution in [3.63, 3.8) is 0 Å². The first-order valence-corrected chi connectivity index (χ1v) is 4.58. The third kappa shape index (κ3) is 1.84. The molecule has 0 radical (unpaired) electrons. The Morgan fingerprint density at radius 3 is 2.58 bits per heavy atom. The van der Waals surface area contributed by atoms with Gasteiger partial charge in [-0.3, -0.25) is 4.98 Å². The molecule has 1 unspecified atom stereocenters. The van der Waals surface area contributed by atoms with Crippen LogP contribution < -0.4 is 0 Å². The van der Waals surface area contributed by atoms with Crippen LogP contribution >= 0.6 is 0 Å². The standard InChI is InChI=1S/C11H17N/c1-5-9(3)11-10(4)6-8(2)7-12-11/h6-7,9H,5H2,1-4H3. The van der Waals surface area contributed by atoms with Crippen LogP contribution in [0.25, 0.3) is 0 Å². The van der Waals surface area contributed by atoms with Crippen molar-refractivity contribution in [2.24, 2.45) is 0 Å². The monoisotopic (exact) mass is 163 g/mol. The number of aryl methyl sites for hydroxylation is 2. The Bertz CT molecular complexity index is 266. The summed E-state index contributed by atoms with van der Waals surface area (Å²) in [7, 11) is 0. The fourth-order valence-corrected chi connectivity index (χ4v) is 1.44. The molecule has 1 aromatic heterocycles. The second kappa shape index (κ2) is 3.70. The van der Waals surface area contributed by atoms with Gasteiger partial charge in [-0.05, 0) is 37.3 Å². The summed E-state index contributed by atoms with van der Waals surface area (Å²) in [6, 6.07) is 2.20. The maximum Gasteiger partial charge on any atom is 0.0460 e.